The van der Waals surface area contributed by atoms with Gasteiger partial charge in [-0.05, 0) is 11.6 Å². The van der Waals surface area contributed by atoms with Gasteiger partial charge in [0.15, 0.2) is 0 Å². The molecule has 92 valence electrons. The standard InChI is InChI=1S/C13H13N3O2/c14-13(17)10-6-15-16(7-10)11-5-9-3-1-2-4-12(9)18-8-11/h1-4,6-7,11H,5,8H2,(H2,14,17). The van der Waals surface area contributed by atoms with E-state index in [1.54, 1.807) is 10.9 Å². The molecule has 0 saturated heterocycles. The molecule has 1 aliphatic heterocycles. The van der Waals surface area contributed by atoms with E-state index in [9.17, 15) is 4.79 Å². The van der Waals surface area contributed by atoms with Gasteiger partial charge < -0.3 is 10.5 Å². The lowest BCUT2D eigenvalue weighted by molar-refractivity contribution is 0.1000. The normalized spacial score (nSPS) is 17.9. The molecule has 0 aliphatic carbocycles. The van der Waals surface area contributed by atoms with Gasteiger partial charge >= 0.3 is 0 Å². The van der Waals surface area contributed by atoms with Gasteiger partial charge in [0.1, 0.15) is 12.4 Å². The van der Waals surface area contributed by atoms with Crippen LogP contribution in [-0.2, 0) is 6.42 Å². The third-order valence-corrected chi connectivity index (χ3v) is 3.12. The second-order valence-corrected chi connectivity index (χ2v) is 4.35. The van der Waals surface area contributed by atoms with Crippen LogP contribution in [0.2, 0.25) is 0 Å². The van der Waals surface area contributed by atoms with Crippen LogP contribution < -0.4 is 10.5 Å². The summed E-state index contributed by atoms with van der Waals surface area (Å²) in [7, 11) is 0. The number of primary amides is 1. The largest absolute Gasteiger partial charge is 0.491 e. The van der Waals surface area contributed by atoms with Crippen molar-refractivity contribution in [2.24, 2.45) is 5.73 Å². The van der Waals surface area contributed by atoms with Gasteiger partial charge in [-0.3, -0.25) is 9.48 Å². The number of carbonyl (C=O) groups excluding carboxylic acids is 1. The van der Waals surface area contributed by atoms with E-state index < -0.39 is 5.91 Å². The lowest BCUT2D eigenvalue weighted by atomic mass is 10.0. The number of nitrogens with two attached hydrogens (primary N) is 1. The first-order chi connectivity index (χ1) is 8.74. The van der Waals surface area contributed by atoms with Crippen LogP contribution in [-0.4, -0.2) is 22.3 Å². The molecular weight excluding hydrogens is 230 g/mol. The third kappa shape index (κ3) is 1.84. The van der Waals surface area contributed by atoms with E-state index >= 15 is 0 Å². The summed E-state index contributed by atoms with van der Waals surface area (Å²) in [5.74, 6) is 0.467. The SMILES string of the molecule is NC(=O)c1cnn(C2COc3ccccc3C2)c1. The maximum Gasteiger partial charge on any atom is 0.251 e. The van der Waals surface area contributed by atoms with Crippen LogP contribution in [0.15, 0.2) is 36.7 Å². The number of hydrogen-bond donors (Lipinski definition) is 1. The predicted octanol–water partition coefficient (Wildman–Crippen LogP) is 1.16. The summed E-state index contributed by atoms with van der Waals surface area (Å²) >= 11 is 0. The van der Waals surface area contributed by atoms with Gasteiger partial charge in [-0.2, -0.15) is 5.10 Å². The van der Waals surface area contributed by atoms with Crippen molar-refractivity contribution in [3.63, 3.8) is 0 Å². The Labute approximate surface area is 104 Å². The Morgan fingerprint density at radius 2 is 2.28 bits per heavy atom. The first-order valence-corrected chi connectivity index (χ1v) is 5.78. The number of carbonyl (C=O) groups is 1. The molecule has 2 heterocycles. The topological polar surface area (TPSA) is 70.1 Å². The maximum atomic E-state index is 11.0. The Morgan fingerprint density at radius 3 is 3.06 bits per heavy atom. The summed E-state index contributed by atoms with van der Waals surface area (Å²) in [6.45, 7) is 0.552. The van der Waals surface area contributed by atoms with Crippen LogP contribution in [0.3, 0.4) is 0 Å². The van der Waals surface area contributed by atoms with E-state index in [1.165, 1.54) is 6.20 Å². The molecule has 0 radical (unpaired) electrons. The summed E-state index contributed by atoms with van der Waals surface area (Å²) in [6.07, 6.45) is 4.00. The molecule has 5 heteroatoms. The van der Waals surface area contributed by atoms with Crippen molar-refractivity contribution < 1.29 is 9.53 Å². The summed E-state index contributed by atoms with van der Waals surface area (Å²) in [5, 5.41) is 4.17. The number of nitrogens with zero attached hydrogens (tertiary/aromatic N) is 2. The van der Waals surface area contributed by atoms with Gasteiger partial charge in [0.2, 0.25) is 0 Å². The average molecular weight is 243 g/mol. The van der Waals surface area contributed by atoms with Gasteiger partial charge in [0, 0.05) is 12.6 Å². The quantitative estimate of drug-likeness (QED) is 0.860. The lowest BCUT2D eigenvalue weighted by Gasteiger charge is -2.25. The fourth-order valence-corrected chi connectivity index (χ4v) is 2.15. The Kier molecular flexibility index (Phi) is 2.51. The second kappa shape index (κ2) is 4.18. The van der Waals surface area contributed by atoms with E-state index in [0.29, 0.717) is 12.2 Å². The zero-order valence-electron chi connectivity index (χ0n) is 9.74. The fourth-order valence-electron chi connectivity index (χ4n) is 2.15. The van der Waals surface area contributed by atoms with E-state index in [-0.39, 0.29) is 6.04 Å². The molecule has 18 heavy (non-hydrogen) atoms. The number of amides is 1. The number of para-hydroxylation sites is 1. The van der Waals surface area contributed by atoms with Crippen LogP contribution in [0.1, 0.15) is 22.0 Å². The maximum absolute atomic E-state index is 11.0. The average Bonchev–Trinajstić information content (AvgIpc) is 2.88. The van der Waals surface area contributed by atoms with Crippen molar-refractivity contribution in [3.8, 4) is 5.75 Å². The smallest absolute Gasteiger partial charge is 0.251 e. The number of rotatable bonds is 2. The molecular formula is C13H13N3O2. The Bertz CT molecular complexity index is 591. The minimum absolute atomic E-state index is 0.105. The minimum Gasteiger partial charge on any atom is -0.491 e. The number of benzene rings is 1. The molecule has 1 atom stereocenters. The minimum atomic E-state index is -0.460. The monoisotopic (exact) mass is 243 g/mol. The summed E-state index contributed by atoms with van der Waals surface area (Å²) < 4.78 is 7.43. The van der Waals surface area contributed by atoms with Crippen LogP contribution in [0.25, 0.3) is 0 Å². The van der Waals surface area contributed by atoms with E-state index in [2.05, 4.69) is 5.10 Å². The first-order valence-electron chi connectivity index (χ1n) is 5.78. The van der Waals surface area contributed by atoms with Gasteiger partial charge in [-0.15, -0.1) is 0 Å². The van der Waals surface area contributed by atoms with Crippen molar-refractivity contribution >= 4 is 5.91 Å². The van der Waals surface area contributed by atoms with Crippen molar-refractivity contribution in [2.45, 2.75) is 12.5 Å². The molecule has 1 unspecified atom stereocenters. The van der Waals surface area contributed by atoms with Crippen LogP contribution >= 0.6 is 0 Å². The fraction of sp³-hybridized carbons (Fsp3) is 0.231. The molecule has 5 nitrogen and oxygen atoms in total. The highest BCUT2D eigenvalue weighted by atomic mass is 16.5. The first kappa shape index (κ1) is 10.8. The van der Waals surface area contributed by atoms with Crippen LogP contribution in [0.4, 0.5) is 0 Å². The van der Waals surface area contributed by atoms with Crippen molar-refractivity contribution in [2.75, 3.05) is 6.61 Å². The highest BCUT2D eigenvalue weighted by Gasteiger charge is 2.22. The van der Waals surface area contributed by atoms with Crippen LogP contribution in [0.5, 0.6) is 5.75 Å². The Hall–Kier alpha value is -2.30. The van der Waals surface area contributed by atoms with Crippen LogP contribution in [0, 0.1) is 0 Å². The Balaban J connectivity index is 1.85. The van der Waals surface area contributed by atoms with Crippen molar-refractivity contribution in [1.29, 1.82) is 0 Å². The van der Waals surface area contributed by atoms with Gasteiger partial charge in [0.25, 0.3) is 5.91 Å². The third-order valence-electron chi connectivity index (χ3n) is 3.12. The predicted molar refractivity (Wildman–Crippen MR) is 65.4 cm³/mol. The summed E-state index contributed by atoms with van der Waals surface area (Å²) in [5.41, 5.74) is 6.79. The molecule has 1 aliphatic rings. The van der Waals surface area contributed by atoms with E-state index in [4.69, 9.17) is 10.5 Å². The van der Waals surface area contributed by atoms with E-state index in [0.717, 1.165) is 17.7 Å². The van der Waals surface area contributed by atoms with Gasteiger partial charge in [0.05, 0.1) is 17.8 Å². The number of fused-ring (bicyclic) bond motifs is 1. The van der Waals surface area contributed by atoms with Gasteiger partial charge in [-0.1, -0.05) is 18.2 Å². The molecule has 0 saturated carbocycles. The van der Waals surface area contributed by atoms with Gasteiger partial charge in [-0.25, -0.2) is 0 Å². The lowest BCUT2D eigenvalue weighted by Crippen LogP contribution is -2.24. The molecule has 0 spiro atoms. The summed E-state index contributed by atoms with van der Waals surface area (Å²) in [4.78, 5) is 11.0. The number of hydrogen-bond acceptors (Lipinski definition) is 3. The van der Waals surface area contributed by atoms with Crippen molar-refractivity contribution in [3.05, 3.63) is 47.8 Å². The summed E-state index contributed by atoms with van der Waals surface area (Å²) in [6, 6.07) is 8.05. The molecule has 3 rings (SSSR count). The number of ether oxygens (including phenoxy) is 1. The molecule has 0 fully saturated rings. The molecule has 2 N–H and O–H groups in total. The molecule has 0 bridgehead atoms. The second-order valence-electron chi connectivity index (χ2n) is 4.35. The molecule has 1 aromatic heterocycles. The highest BCUT2D eigenvalue weighted by molar-refractivity contribution is 5.92. The van der Waals surface area contributed by atoms with E-state index in [1.807, 2.05) is 24.3 Å². The zero-order chi connectivity index (χ0) is 12.5. The Morgan fingerprint density at radius 1 is 1.44 bits per heavy atom. The van der Waals surface area contributed by atoms with Crippen molar-refractivity contribution in [1.82, 2.24) is 9.78 Å². The highest BCUT2D eigenvalue weighted by Crippen LogP contribution is 2.28. The number of aromatic nitrogens is 2. The zero-order valence-corrected chi connectivity index (χ0v) is 9.74. The molecule has 1 aromatic carbocycles. The molecule has 1 amide bonds. The molecule has 2 aromatic rings.